The summed E-state index contributed by atoms with van der Waals surface area (Å²) < 4.78 is 11.6. The van der Waals surface area contributed by atoms with E-state index in [4.69, 9.17) is 9.47 Å². The highest BCUT2D eigenvalue weighted by Gasteiger charge is 2.22. The fraction of sp³-hybridized carbons (Fsp3) is 0.562. The first-order chi connectivity index (χ1) is 9.80. The molecule has 1 heterocycles. The second-order valence-corrected chi connectivity index (χ2v) is 5.62. The van der Waals surface area contributed by atoms with Gasteiger partial charge in [-0.1, -0.05) is 0 Å². The first-order valence-corrected chi connectivity index (χ1v) is 7.36. The molecule has 1 fully saturated rings. The minimum absolute atomic E-state index is 0.313. The van der Waals surface area contributed by atoms with E-state index >= 15 is 0 Å². The van der Waals surface area contributed by atoms with Gasteiger partial charge in [0.1, 0.15) is 0 Å². The summed E-state index contributed by atoms with van der Waals surface area (Å²) in [5, 5.41) is 0. The van der Waals surface area contributed by atoms with Crippen LogP contribution in [-0.4, -0.2) is 31.1 Å². The van der Waals surface area contributed by atoms with Gasteiger partial charge in [-0.15, -0.1) is 0 Å². The SMILES string of the molecule is COc1cc2c(cc1OC1CCCC1)CN(C=O)CC2. The maximum atomic E-state index is 10.9. The third-order valence-corrected chi connectivity index (χ3v) is 4.27. The Morgan fingerprint density at radius 2 is 1.95 bits per heavy atom. The smallest absolute Gasteiger partial charge is 0.210 e. The molecule has 108 valence electrons. The summed E-state index contributed by atoms with van der Waals surface area (Å²) in [7, 11) is 1.68. The molecule has 2 aliphatic rings. The van der Waals surface area contributed by atoms with E-state index in [1.165, 1.54) is 24.0 Å². The van der Waals surface area contributed by atoms with Crippen LogP contribution in [0, 0.1) is 0 Å². The van der Waals surface area contributed by atoms with Crippen LogP contribution in [0.5, 0.6) is 11.5 Å². The van der Waals surface area contributed by atoms with Crippen molar-refractivity contribution in [2.75, 3.05) is 13.7 Å². The maximum Gasteiger partial charge on any atom is 0.210 e. The largest absolute Gasteiger partial charge is 0.493 e. The molecule has 1 aliphatic carbocycles. The summed E-state index contributed by atoms with van der Waals surface area (Å²) in [6.45, 7) is 1.45. The zero-order valence-electron chi connectivity index (χ0n) is 11.9. The molecule has 4 heteroatoms. The molecule has 1 aliphatic heterocycles. The number of ether oxygens (including phenoxy) is 2. The fourth-order valence-electron chi connectivity index (χ4n) is 3.11. The highest BCUT2D eigenvalue weighted by atomic mass is 16.5. The van der Waals surface area contributed by atoms with E-state index in [1.807, 2.05) is 0 Å². The number of nitrogens with zero attached hydrogens (tertiary/aromatic N) is 1. The number of rotatable bonds is 4. The zero-order valence-corrected chi connectivity index (χ0v) is 11.9. The monoisotopic (exact) mass is 275 g/mol. The van der Waals surface area contributed by atoms with E-state index in [1.54, 1.807) is 12.0 Å². The normalized spacial score (nSPS) is 18.8. The van der Waals surface area contributed by atoms with Crippen molar-refractivity contribution in [3.8, 4) is 11.5 Å². The average Bonchev–Trinajstić information content (AvgIpc) is 2.99. The van der Waals surface area contributed by atoms with Crippen molar-refractivity contribution in [3.05, 3.63) is 23.3 Å². The van der Waals surface area contributed by atoms with Crippen LogP contribution in [0.15, 0.2) is 12.1 Å². The quantitative estimate of drug-likeness (QED) is 0.793. The molecule has 3 rings (SSSR count). The third-order valence-electron chi connectivity index (χ3n) is 4.27. The van der Waals surface area contributed by atoms with Gasteiger partial charge in [0, 0.05) is 13.1 Å². The maximum absolute atomic E-state index is 10.9. The van der Waals surface area contributed by atoms with Crippen LogP contribution in [-0.2, 0) is 17.8 Å². The van der Waals surface area contributed by atoms with Crippen LogP contribution in [0.25, 0.3) is 0 Å². The zero-order chi connectivity index (χ0) is 13.9. The second-order valence-electron chi connectivity index (χ2n) is 5.62. The van der Waals surface area contributed by atoms with Crippen LogP contribution in [0.3, 0.4) is 0 Å². The van der Waals surface area contributed by atoms with Crippen molar-refractivity contribution in [2.24, 2.45) is 0 Å². The lowest BCUT2D eigenvalue weighted by atomic mass is 9.99. The number of carbonyl (C=O) groups is 1. The van der Waals surface area contributed by atoms with E-state index in [0.29, 0.717) is 12.6 Å². The lowest BCUT2D eigenvalue weighted by molar-refractivity contribution is -0.118. The summed E-state index contributed by atoms with van der Waals surface area (Å²) in [6.07, 6.45) is 6.86. The molecule has 20 heavy (non-hydrogen) atoms. The minimum atomic E-state index is 0.313. The number of fused-ring (bicyclic) bond motifs is 1. The molecule has 4 nitrogen and oxygen atoms in total. The van der Waals surface area contributed by atoms with Crippen molar-refractivity contribution in [1.82, 2.24) is 4.90 Å². The molecule has 0 N–H and O–H groups in total. The van der Waals surface area contributed by atoms with Gasteiger partial charge in [-0.3, -0.25) is 4.79 Å². The Morgan fingerprint density at radius 1 is 1.20 bits per heavy atom. The first kappa shape index (κ1) is 13.3. The molecule has 0 bridgehead atoms. The van der Waals surface area contributed by atoms with Gasteiger partial charge in [0.05, 0.1) is 13.2 Å². The number of methoxy groups -OCH3 is 1. The highest BCUT2D eigenvalue weighted by Crippen LogP contribution is 2.35. The molecule has 0 saturated heterocycles. The Hall–Kier alpha value is -1.71. The van der Waals surface area contributed by atoms with E-state index in [0.717, 1.165) is 43.7 Å². The van der Waals surface area contributed by atoms with Gasteiger partial charge in [-0.2, -0.15) is 0 Å². The minimum Gasteiger partial charge on any atom is -0.493 e. The standard InChI is InChI=1S/C16H21NO3/c1-19-15-8-12-6-7-17(11-18)10-13(12)9-16(15)20-14-4-2-3-5-14/h8-9,11,14H,2-7,10H2,1H3. The molecular formula is C16H21NO3. The van der Waals surface area contributed by atoms with Crippen LogP contribution in [0.2, 0.25) is 0 Å². The number of benzene rings is 1. The number of carbonyl (C=O) groups excluding carboxylic acids is 1. The molecule has 1 amide bonds. The van der Waals surface area contributed by atoms with Gasteiger partial charge in [0.15, 0.2) is 11.5 Å². The number of hydrogen-bond donors (Lipinski definition) is 0. The molecule has 1 saturated carbocycles. The van der Waals surface area contributed by atoms with Gasteiger partial charge in [0.25, 0.3) is 0 Å². The van der Waals surface area contributed by atoms with Gasteiger partial charge < -0.3 is 14.4 Å². The van der Waals surface area contributed by atoms with E-state index in [9.17, 15) is 4.79 Å². The van der Waals surface area contributed by atoms with Gasteiger partial charge >= 0.3 is 0 Å². The van der Waals surface area contributed by atoms with E-state index in [-0.39, 0.29) is 0 Å². The molecule has 1 aromatic rings. The van der Waals surface area contributed by atoms with Crippen LogP contribution >= 0.6 is 0 Å². The third kappa shape index (κ3) is 2.60. The van der Waals surface area contributed by atoms with Gasteiger partial charge in [-0.25, -0.2) is 0 Å². The molecular weight excluding hydrogens is 254 g/mol. The average molecular weight is 275 g/mol. The van der Waals surface area contributed by atoms with Gasteiger partial charge in [-0.05, 0) is 55.4 Å². The van der Waals surface area contributed by atoms with Crippen LogP contribution < -0.4 is 9.47 Å². The molecule has 0 atom stereocenters. The van der Waals surface area contributed by atoms with E-state index < -0.39 is 0 Å². The number of hydrogen-bond acceptors (Lipinski definition) is 3. The topological polar surface area (TPSA) is 38.8 Å². The molecule has 0 radical (unpaired) electrons. The fourth-order valence-corrected chi connectivity index (χ4v) is 3.11. The second kappa shape index (κ2) is 5.73. The van der Waals surface area contributed by atoms with Crippen LogP contribution in [0.4, 0.5) is 0 Å². The Bertz CT molecular complexity index is 495. The van der Waals surface area contributed by atoms with Crippen molar-refractivity contribution >= 4 is 6.41 Å². The Morgan fingerprint density at radius 3 is 2.65 bits per heavy atom. The summed E-state index contributed by atoms with van der Waals surface area (Å²) in [4.78, 5) is 12.7. The number of amides is 1. The van der Waals surface area contributed by atoms with Crippen LogP contribution in [0.1, 0.15) is 36.8 Å². The molecule has 0 unspecified atom stereocenters. The van der Waals surface area contributed by atoms with Crippen molar-refractivity contribution < 1.29 is 14.3 Å². The van der Waals surface area contributed by atoms with Crippen molar-refractivity contribution in [1.29, 1.82) is 0 Å². The summed E-state index contributed by atoms with van der Waals surface area (Å²) in [5.74, 6) is 1.64. The van der Waals surface area contributed by atoms with Gasteiger partial charge in [0.2, 0.25) is 6.41 Å². The van der Waals surface area contributed by atoms with Crippen molar-refractivity contribution in [2.45, 2.75) is 44.8 Å². The Labute approximate surface area is 119 Å². The highest BCUT2D eigenvalue weighted by molar-refractivity contribution is 5.53. The Kier molecular flexibility index (Phi) is 3.81. The first-order valence-electron chi connectivity index (χ1n) is 7.36. The predicted octanol–water partition coefficient (Wildman–Crippen LogP) is 2.53. The Balaban J connectivity index is 1.86. The molecule has 0 aromatic heterocycles. The summed E-state index contributed by atoms with van der Waals surface area (Å²) >= 11 is 0. The molecule has 1 aromatic carbocycles. The van der Waals surface area contributed by atoms with Crippen molar-refractivity contribution in [3.63, 3.8) is 0 Å². The lowest BCUT2D eigenvalue weighted by Gasteiger charge is -2.27. The predicted molar refractivity (Wildman–Crippen MR) is 76.1 cm³/mol. The summed E-state index contributed by atoms with van der Waals surface area (Å²) in [5.41, 5.74) is 2.44. The van der Waals surface area contributed by atoms with E-state index in [2.05, 4.69) is 12.1 Å². The summed E-state index contributed by atoms with van der Waals surface area (Å²) in [6, 6.07) is 4.13. The lowest BCUT2D eigenvalue weighted by Crippen LogP contribution is -2.29. The molecule has 0 spiro atoms.